The van der Waals surface area contributed by atoms with Crippen LogP contribution in [0.2, 0.25) is 0 Å². The third-order valence-electron chi connectivity index (χ3n) is 5.24. The van der Waals surface area contributed by atoms with Gasteiger partial charge in [-0.25, -0.2) is 0 Å². The van der Waals surface area contributed by atoms with E-state index < -0.39 is 5.91 Å². The molecule has 1 aromatic heterocycles. The van der Waals surface area contributed by atoms with Gasteiger partial charge in [0.15, 0.2) is 0 Å². The van der Waals surface area contributed by atoms with E-state index in [1.54, 1.807) is 31.4 Å². The number of furan rings is 1. The van der Waals surface area contributed by atoms with Gasteiger partial charge in [0.2, 0.25) is 0 Å². The van der Waals surface area contributed by atoms with Crippen LogP contribution in [0.15, 0.2) is 77.0 Å². The molecule has 3 aromatic rings. The molecule has 0 aliphatic rings. The summed E-state index contributed by atoms with van der Waals surface area (Å²) < 4.78 is 10.6. The van der Waals surface area contributed by atoms with Crippen molar-refractivity contribution < 1.29 is 18.7 Å². The normalized spacial score (nSPS) is 12.3. The standard InChI is InChI=1S/C27H30N2O4/c1-18(2)16-24(20-11-13-21(32-4)14-12-20)28-27(31)25(17-22-9-7-15-33-22)29-26(30)23-10-6-5-8-19(23)3/h5-15,17-18,24H,16H2,1-4H3,(H,28,31)(H,29,30)/b25-17-. The number of aryl methyl sites for hydroxylation is 1. The summed E-state index contributed by atoms with van der Waals surface area (Å²) in [6.45, 7) is 6.05. The highest BCUT2D eigenvalue weighted by Crippen LogP contribution is 2.24. The topological polar surface area (TPSA) is 80.6 Å². The highest BCUT2D eigenvalue weighted by Gasteiger charge is 2.21. The molecule has 2 N–H and O–H groups in total. The zero-order chi connectivity index (χ0) is 23.8. The SMILES string of the molecule is COc1ccc(C(CC(C)C)NC(=O)/C(=C/c2ccco2)NC(=O)c2ccccc2C)cc1. The van der Waals surface area contributed by atoms with E-state index in [1.165, 1.54) is 12.3 Å². The van der Waals surface area contributed by atoms with E-state index in [4.69, 9.17) is 9.15 Å². The minimum absolute atomic E-state index is 0.112. The van der Waals surface area contributed by atoms with Crippen molar-refractivity contribution >= 4 is 17.9 Å². The number of methoxy groups -OCH3 is 1. The van der Waals surface area contributed by atoms with Crippen molar-refractivity contribution in [2.75, 3.05) is 7.11 Å². The molecule has 33 heavy (non-hydrogen) atoms. The van der Waals surface area contributed by atoms with Crippen molar-refractivity contribution in [1.82, 2.24) is 10.6 Å². The molecule has 0 aliphatic heterocycles. The molecule has 0 aliphatic carbocycles. The van der Waals surface area contributed by atoms with Gasteiger partial charge in [-0.15, -0.1) is 0 Å². The van der Waals surface area contributed by atoms with Crippen LogP contribution in [-0.2, 0) is 4.79 Å². The summed E-state index contributed by atoms with van der Waals surface area (Å²) in [5.74, 6) is 0.810. The monoisotopic (exact) mass is 446 g/mol. The molecule has 1 unspecified atom stereocenters. The number of rotatable bonds is 9. The maximum Gasteiger partial charge on any atom is 0.268 e. The lowest BCUT2D eigenvalue weighted by Crippen LogP contribution is -2.37. The van der Waals surface area contributed by atoms with Gasteiger partial charge in [0.25, 0.3) is 11.8 Å². The average molecular weight is 447 g/mol. The fourth-order valence-electron chi connectivity index (χ4n) is 3.51. The maximum absolute atomic E-state index is 13.3. The van der Waals surface area contributed by atoms with Crippen LogP contribution in [-0.4, -0.2) is 18.9 Å². The smallest absolute Gasteiger partial charge is 0.268 e. The van der Waals surface area contributed by atoms with Gasteiger partial charge < -0.3 is 19.8 Å². The van der Waals surface area contributed by atoms with Gasteiger partial charge >= 0.3 is 0 Å². The zero-order valence-corrected chi connectivity index (χ0v) is 19.4. The maximum atomic E-state index is 13.3. The summed E-state index contributed by atoms with van der Waals surface area (Å²) in [5, 5.41) is 5.85. The molecule has 0 bridgehead atoms. The lowest BCUT2D eigenvalue weighted by Gasteiger charge is -2.22. The number of hydrogen-bond donors (Lipinski definition) is 2. The van der Waals surface area contributed by atoms with E-state index in [-0.39, 0.29) is 17.6 Å². The van der Waals surface area contributed by atoms with Crippen LogP contribution < -0.4 is 15.4 Å². The lowest BCUT2D eigenvalue weighted by atomic mass is 9.96. The fourth-order valence-corrected chi connectivity index (χ4v) is 3.51. The molecule has 2 amide bonds. The highest BCUT2D eigenvalue weighted by molar-refractivity contribution is 6.05. The third kappa shape index (κ3) is 6.59. The van der Waals surface area contributed by atoms with E-state index in [0.717, 1.165) is 23.3 Å². The molecule has 0 radical (unpaired) electrons. The van der Waals surface area contributed by atoms with Crippen LogP contribution in [0.25, 0.3) is 6.08 Å². The number of ether oxygens (including phenoxy) is 1. The van der Waals surface area contributed by atoms with Crippen molar-refractivity contribution in [3.63, 3.8) is 0 Å². The largest absolute Gasteiger partial charge is 0.497 e. The van der Waals surface area contributed by atoms with Crippen molar-refractivity contribution in [1.29, 1.82) is 0 Å². The van der Waals surface area contributed by atoms with Crippen LogP contribution in [0.1, 0.15) is 53.6 Å². The Balaban J connectivity index is 1.87. The van der Waals surface area contributed by atoms with Crippen LogP contribution in [0.4, 0.5) is 0 Å². The first-order valence-electron chi connectivity index (χ1n) is 10.9. The fraction of sp³-hybridized carbons (Fsp3) is 0.259. The van der Waals surface area contributed by atoms with Gasteiger partial charge in [0, 0.05) is 11.6 Å². The Labute approximate surface area is 194 Å². The highest BCUT2D eigenvalue weighted by atomic mass is 16.5. The van der Waals surface area contributed by atoms with Gasteiger partial charge in [-0.1, -0.05) is 44.2 Å². The number of amides is 2. The molecule has 0 saturated heterocycles. The van der Waals surface area contributed by atoms with E-state index in [1.807, 2.05) is 43.3 Å². The predicted octanol–water partition coefficient (Wildman–Crippen LogP) is 5.27. The molecular weight excluding hydrogens is 416 g/mol. The molecule has 6 nitrogen and oxygen atoms in total. The second kappa shape index (κ2) is 11.2. The number of carbonyl (C=O) groups excluding carboxylic acids is 2. The van der Waals surface area contributed by atoms with Crippen LogP contribution >= 0.6 is 0 Å². The average Bonchev–Trinajstić information content (AvgIpc) is 3.31. The number of benzene rings is 2. The molecule has 1 atom stereocenters. The Morgan fingerprint density at radius 2 is 1.76 bits per heavy atom. The third-order valence-corrected chi connectivity index (χ3v) is 5.24. The van der Waals surface area contributed by atoms with Crippen molar-refractivity contribution in [3.05, 3.63) is 95.1 Å². The molecule has 172 valence electrons. The van der Waals surface area contributed by atoms with Gasteiger partial charge in [-0.05, 0) is 60.7 Å². The van der Waals surface area contributed by atoms with Crippen LogP contribution in [0, 0.1) is 12.8 Å². The van der Waals surface area contributed by atoms with E-state index in [9.17, 15) is 9.59 Å². The molecule has 3 rings (SSSR count). The summed E-state index contributed by atoms with van der Waals surface area (Å²) >= 11 is 0. The zero-order valence-electron chi connectivity index (χ0n) is 19.4. The Kier molecular flexibility index (Phi) is 8.08. The first-order chi connectivity index (χ1) is 15.9. The molecular formula is C27H30N2O4. The van der Waals surface area contributed by atoms with Crippen LogP contribution in [0.3, 0.4) is 0 Å². The number of nitrogens with one attached hydrogen (secondary N) is 2. The second-order valence-electron chi connectivity index (χ2n) is 8.27. The van der Waals surface area contributed by atoms with Gasteiger partial charge in [0.05, 0.1) is 19.4 Å². The van der Waals surface area contributed by atoms with Crippen molar-refractivity contribution in [2.24, 2.45) is 5.92 Å². The van der Waals surface area contributed by atoms with Crippen molar-refractivity contribution in [3.8, 4) is 5.75 Å². The lowest BCUT2D eigenvalue weighted by molar-refractivity contribution is -0.118. The van der Waals surface area contributed by atoms with Gasteiger partial charge in [-0.3, -0.25) is 9.59 Å². The molecule has 6 heteroatoms. The Hall–Kier alpha value is -3.80. The molecule has 2 aromatic carbocycles. The van der Waals surface area contributed by atoms with Gasteiger partial charge in [-0.2, -0.15) is 0 Å². The Morgan fingerprint density at radius 3 is 2.36 bits per heavy atom. The Bertz CT molecular complexity index is 1100. The number of carbonyl (C=O) groups is 2. The summed E-state index contributed by atoms with van der Waals surface area (Å²) in [7, 11) is 1.62. The molecule has 0 fully saturated rings. The predicted molar refractivity (Wildman–Crippen MR) is 129 cm³/mol. The summed E-state index contributed by atoms with van der Waals surface area (Å²) in [6, 6.07) is 18.1. The molecule has 0 saturated carbocycles. The Morgan fingerprint density at radius 1 is 1.03 bits per heavy atom. The molecule has 1 heterocycles. The second-order valence-corrected chi connectivity index (χ2v) is 8.27. The summed E-state index contributed by atoms with van der Waals surface area (Å²) in [5.41, 5.74) is 2.40. The number of hydrogen-bond acceptors (Lipinski definition) is 4. The first kappa shape index (κ1) is 23.9. The minimum Gasteiger partial charge on any atom is -0.497 e. The summed E-state index contributed by atoms with van der Waals surface area (Å²) in [4.78, 5) is 26.3. The van der Waals surface area contributed by atoms with Gasteiger partial charge in [0.1, 0.15) is 17.2 Å². The minimum atomic E-state index is -0.394. The van der Waals surface area contributed by atoms with Crippen LogP contribution in [0.5, 0.6) is 5.75 Å². The molecule has 0 spiro atoms. The van der Waals surface area contributed by atoms with E-state index >= 15 is 0 Å². The van der Waals surface area contributed by atoms with E-state index in [2.05, 4.69) is 24.5 Å². The quantitative estimate of drug-likeness (QED) is 0.439. The summed E-state index contributed by atoms with van der Waals surface area (Å²) in [6.07, 6.45) is 3.78. The van der Waals surface area contributed by atoms with E-state index in [0.29, 0.717) is 17.2 Å². The van der Waals surface area contributed by atoms with Crippen molar-refractivity contribution in [2.45, 2.75) is 33.2 Å². The first-order valence-corrected chi connectivity index (χ1v) is 10.9.